The van der Waals surface area contributed by atoms with E-state index in [0.29, 0.717) is 11.1 Å². The Morgan fingerprint density at radius 3 is 2.84 bits per heavy atom. The lowest BCUT2D eigenvalue weighted by atomic mass is 9.81. The number of amides is 1. The van der Waals surface area contributed by atoms with E-state index in [-0.39, 0.29) is 0 Å². The van der Waals surface area contributed by atoms with Gasteiger partial charge >= 0.3 is 0 Å². The number of benzene rings is 1. The Balaban J connectivity index is 2.56. The average Bonchev–Trinajstić information content (AvgIpc) is 2.37. The molecule has 0 saturated heterocycles. The van der Waals surface area contributed by atoms with E-state index in [0.717, 1.165) is 5.39 Å². The topological polar surface area (TPSA) is 99.1 Å². The van der Waals surface area contributed by atoms with Crippen LogP contribution in [0.15, 0.2) is 36.5 Å². The number of nitrogens with zero attached hydrogens (tertiary/aromatic N) is 2. The van der Waals surface area contributed by atoms with E-state index in [4.69, 9.17) is 5.73 Å². The molecule has 0 radical (unpaired) electrons. The molecule has 0 aliphatic rings. The van der Waals surface area contributed by atoms with Crippen molar-refractivity contribution in [2.75, 3.05) is 6.54 Å². The molecule has 1 aromatic heterocycles. The van der Waals surface area contributed by atoms with E-state index in [2.05, 4.69) is 4.98 Å². The average molecular weight is 259 g/mol. The maximum Gasteiger partial charge on any atom is 0.234 e. The summed E-state index contributed by atoms with van der Waals surface area (Å²) in [6.07, 6.45) is 1.63. The number of pyridine rings is 1. The van der Waals surface area contributed by atoms with Crippen LogP contribution in [0.3, 0.4) is 0 Å². The Morgan fingerprint density at radius 2 is 2.21 bits per heavy atom. The zero-order valence-electron chi connectivity index (χ0n) is 10.4. The molecule has 0 bridgehead atoms. The number of nitrogens with two attached hydrogens (primary N) is 1. The third-order valence-corrected chi connectivity index (χ3v) is 3.23. The van der Waals surface area contributed by atoms with Gasteiger partial charge in [0.15, 0.2) is 0 Å². The number of aromatic nitrogens is 1. The lowest BCUT2D eigenvalue weighted by Gasteiger charge is -2.22. The number of fused-ring (bicyclic) bond motifs is 1. The first-order valence-corrected chi connectivity index (χ1v) is 5.70. The van der Waals surface area contributed by atoms with Crippen LogP contribution < -0.4 is 5.73 Å². The van der Waals surface area contributed by atoms with Crippen molar-refractivity contribution in [3.05, 3.63) is 52.2 Å². The fourth-order valence-corrected chi connectivity index (χ4v) is 1.98. The molecule has 0 aliphatic heterocycles. The van der Waals surface area contributed by atoms with Crippen LogP contribution in [0.2, 0.25) is 0 Å². The first-order valence-electron chi connectivity index (χ1n) is 5.70. The van der Waals surface area contributed by atoms with Crippen LogP contribution >= 0.6 is 0 Å². The second-order valence-corrected chi connectivity index (χ2v) is 4.60. The molecule has 1 atom stereocenters. The van der Waals surface area contributed by atoms with Crippen LogP contribution in [0.4, 0.5) is 0 Å². The zero-order chi connectivity index (χ0) is 14.0. The van der Waals surface area contributed by atoms with Crippen molar-refractivity contribution in [2.24, 2.45) is 5.73 Å². The zero-order valence-corrected chi connectivity index (χ0v) is 10.4. The lowest BCUT2D eigenvalue weighted by Crippen LogP contribution is -2.44. The van der Waals surface area contributed by atoms with Crippen LogP contribution in [0.1, 0.15) is 12.5 Å². The smallest absolute Gasteiger partial charge is 0.234 e. The predicted octanol–water partition coefficient (Wildman–Crippen LogP) is 1.25. The fourth-order valence-electron chi connectivity index (χ4n) is 1.98. The van der Waals surface area contributed by atoms with Gasteiger partial charge in [-0.25, -0.2) is 0 Å². The molecule has 6 heteroatoms. The van der Waals surface area contributed by atoms with Gasteiger partial charge in [-0.3, -0.25) is 19.9 Å². The minimum Gasteiger partial charge on any atom is -0.369 e. The summed E-state index contributed by atoms with van der Waals surface area (Å²) in [5.74, 6) is -0.723. The Morgan fingerprint density at radius 1 is 1.47 bits per heavy atom. The van der Waals surface area contributed by atoms with E-state index in [1.807, 2.05) is 6.07 Å². The summed E-state index contributed by atoms with van der Waals surface area (Å²) in [5.41, 5.74) is 5.17. The Hall–Kier alpha value is -2.50. The molecule has 1 aromatic carbocycles. The van der Waals surface area contributed by atoms with Crippen LogP contribution in [0.25, 0.3) is 10.9 Å². The molecule has 0 aliphatic carbocycles. The minimum atomic E-state index is -1.34. The van der Waals surface area contributed by atoms with Crippen molar-refractivity contribution in [2.45, 2.75) is 12.3 Å². The molecule has 6 nitrogen and oxygen atoms in total. The van der Waals surface area contributed by atoms with Crippen LogP contribution in [-0.4, -0.2) is 22.4 Å². The fraction of sp³-hybridized carbons (Fsp3) is 0.231. The number of rotatable bonds is 4. The van der Waals surface area contributed by atoms with Crippen molar-refractivity contribution >= 4 is 16.8 Å². The number of hydrogen-bond donors (Lipinski definition) is 1. The maximum atomic E-state index is 11.6. The normalized spacial score (nSPS) is 13.9. The number of primary amides is 1. The van der Waals surface area contributed by atoms with E-state index < -0.39 is 22.8 Å². The standard InChI is InChI=1S/C13H13N3O3/c1-13(12(14)17,8-16(18)19)10-5-4-9-3-2-6-15-11(9)7-10/h2-7H,8H2,1H3,(H2,14,17). The number of carbonyl (C=O) groups excluding carboxylic acids is 1. The van der Waals surface area contributed by atoms with Gasteiger partial charge in [0, 0.05) is 16.5 Å². The summed E-state index contributed by atoms with van der Waals surface area (Å²) in [7, 11) is 0. The minimum absolute atomic E-state index is 0.503. The molecule has 2 rings (SSSR count). The first-order chi connectivity index (χ1) is 8.93. The van der Waals surface area contributed by atoms with Gasteiger partial charge in [-0.05, 0) is 24.6 Å². The molecule has 0 saturated carbocycles. The van der Waals surface area contributed by atoms with Gasteiger partial charge in [-0.2, -0.15) is 0 Å². The molecule has 2 aromatic rings. The Bertz CT molecular complexity index is 656. The molecule has 1 unspecified atom stereocenters. The van der Waals surface area contributed by atoms with Crippen molar-refractivity contribution in [1.29, 1.82) is 0 Å². The van der Waals surface area contributed by atoms with Gasteiger partial charge in [0.25, 0.3) is 0 Å². The SMILES string of the molecule is CC(C[N+](=O)[O-])(C(N)=O)c1ccc2cccnc2c1. The van der Waals surface area contributed by atoms with Crippen LogP contribution in [0.5, 0.6) is 0 Å². The molecule has 0 fully saturated rings. The van der Waals surface area contributed by atoms with Gasteiger partial charge in [0.1, 0.15) is 5.41 Å². The summed E-state index contributed by atoms with van der Waals surface area (Å²) in [5, 5.41) is 11.6. The predicted molar refractivity (Wildman–Crippen MR) is 70.2 cm³/mol. The van der Waals surface area contributed by atoms with E-state index in [9.17, 15) is 14.9 Å². The van der Waals surface area contributed by atoms with Gasteiger partial charge in [-0.1, -0.05) is 18.2 Å². The highest BCUT2D eigenvalue weighted by Gasteiger charge is 2.39. The van der Waals surface area contributed by atoms with Crippen molar-refractivity contribution in [1.82, 2.24) is 4.98 Å². The Kier molecular flexibility index (Phi) is 3.16. The lowest BCUT2D eigenvalue weighted by molar-refractivity contribution is -0.487. The molecule has 19 heavy (non-hydrogen) atoms. The number of hydrogen-bond acceptors (Lipinski definition) is 4. The molecular formula is C13H13N3O3. The number of carbonyl (C=O) groups is 1. The highest BCUT2D eigenvalue weighted by molar-refractivity contribution is 5.88. The molecular weight excluding hydrogens is 246 g/mol. The maximum absolute atomic E-state index is 11.6. The second-order valence-electron chi connectivity index (χ2n) is 4.60. The van der Waals surface area contributed by atoms with E-state index >= 15 is 0 Å². The van der Waals surface area contributed by atoms with Gasteiger partial charge < -0.3 is 5.73 Å². The van der Waals surface area contributed by atoms with Crippen LogP contribution in [-0.2, 0) is 10.2 Å². The monoisotopic (exact) mass is 259 g/mol. The largest absolute Gasteiger partial charge is 0.369 e. The molecule has 98 valence electrons. The first kappa shape index (κ1) is 12.9. The van der Waals surface area contributed by atoms with Crippen LogP contribution in [0, 0.1) is 10.1 Å². The summed E-state index contributed by atoms with van der Waals surface area (Å²) < 4.78 is 0. The van der Waals surface area contributed by atoms with E-state index in [1.54, 1.807) is 30.5 Å². The summed E-state index contributed by atoms with van der Waals surface area (Å²) >= 11 is 0. The summed E-state index contributed by atoms with van der Waals surface area (Å²) in [4.78, 5) is 26.0. The van der Waals surface area contributed by atoms with E-state index in [1.165, 1.54) is 6.92 Å². The van der Waals surface area contributed by atoms with Crippen molar-refractivity contribution in [3.8, 4) is 0 Å². The summed E-state index contributed by atoms with van der Waals surface area (Å²) in [6.45, 7) is 0.933. The molecule has 1 heterocycles. The van der Waals surface area contributed by atoms with Gasteiger partial charge in [0.2, 0.25) is 12.5 Å². The third kappa shape index (κ3) is 2.37. The molecule has 1 amide bonds. The van der Waals surface area contributed by atoms with Crippen molar-refractivity contribution in [3.63, 3.8) is 0 Å². The highest BCUT2D eigenvalue weighted by atomic mass is 16.6. The highest BCUT2D eigenvalue weighted by Crippen LogP contribution is 2.26. The Labute approximate surface area is 109 Å². The van der Waals surface area contributed by atoms with Gasteiger partial charge in [-0.15, -0.1) is 0 Å². The quantitative estimate of drug-likeness (QED) is 0.659. The second kappa shape index (κ2) is 4.64. The van der Waals surface area contributed by atoms with Gasteiger partial charge in [0.05, 0.1) is 5.52 Å². The molecule has 0 spiro atoms. The molecule has 2 N–H and O–H groups in total. The van der Waals surface area contributed by atoms with Crippen molar-refractivity contribution < 1.29 is 9.72 Å². The number of nitro groups is 1. The third-order valence-electron chi connectivity index (χ3n) is 3.23. The summed E-state index contributed by atoms with van der Waals surface area (Å²) in [6, 6.07) is 8.80.